The third kappa shape index (κ3) is 6.42. The van der Waals surface area contributed by atoms with Gasteiger partial charge in [-0.15, -0.1) is 35.3 Å². The van der Waals surface area contributed by atoms with E-state index in [0.717, 1.165) is 43.0 Å². The lowest BCUT2D eigenvalue weighted by Gasteiger charge is -2.19. The van der Waals surface area contributed by atoms with Gasteiger partial charge in [0.25, 0.3) is 0 Å². The monoisotopic (exact) mass is 548 g/mol. The van der Waals surface area contributed by atoms with Crippen molar-refractivity contribution in [2.24, 2.45) is 10.9 Å². The molecule has 2 aromatic rings. The molecule has 142 valence electrons. The maximum absolute atomic E-state index is 4.33. The minimum Gasteiger partial charge on any atom is -0.371 e. The maximum Gasteiger partial charge on any atom is 0.190 e. The van der Waals surface area contributed by atoms with Gasteiger partial charge in [0.2, 0.25) is 0 Å². The van der Waals surface area contributed by atoms with Gasteiger partial charge in [0.05, 0.1) is 0 Å². The lowest BCUT2D eigenvalue weighted by Crippen LogP contribution is -2.41. The predicted molar refractivity (Wildman–Crippen MR) is 127 cm³/mol. The summed E-state index contributed by atoms with van der Waals surface area (Å²) in [5.41, 5.74) is 1.31. The summed E-state index contributed by atoms with van der Waals surface area (Å²) in [4.78, 5) is 8.20. The summed E-state index contributed by atoms with van der Waals surface area (Å²) in [6.07, 6.45) is 2.26. The summed E-state index contributed by atoms with van der Waals surface area (Å²) in [7, 11) is 1.84. The second-order valence-electron chi connectivity index (χ2n) is 6.29. The molecule has 1 aliphatic rings. The Bertz CT molecular complexity index is 675. The van der Waals surface area contributed by atoms with Crippen molar-refractivity contribution in [2.75, 3.05) is 38.1 Å². The van der Waals surface area contributed by atoms with Gasteiger partial charge in [-0.1, -0.05) is 22.0 Å². The number of benzene rings is 1. The highest BCUT2D eigenvalue weighted by Gasteiger charge is 2.22. The van der Waals surface area contributed by atoms with Crippen molar-refractivity contribution in [1.82, 2.24) is 10.6 Å². The van der Waals surface area contributed by atoms with Gasteiger partial charge in [0.15, 0.2) is 5.96 Å². The number of thiophene rings is 1. The Kier molecular flexibility index (Phi) is 9.21. The van der Waals surface area contributed by atoms with E-state index in [4.69, 9.17) is 0 Å². The highest BCUT2D eigenvalue weighted by Crippen LogP contribution is 2.24. The molecule has 7 heteroatoms. The van der Waals surface area contributed by atoms with E-state index in [1.165, 1.54) is 17.0 Å². The Morgan fingerprint density at radius 1 is 1.27 bits per heavy atom. The SMILES string of the molecule is CN=C(NCCc1cccs1)NCC1CCN(c2ccc(Br)cc2)C1.I. The van der Waals surface area contributed by atoms with Crippen molar-refractivity contribution in [3.63, 3.8) is 0 Å². The minimum atomic E-state index is 0. The maximum atomic E-state index is 4.33. The molecule has 1 unspecified atom stereocenters. The van der Waals surface area contributed by atoms with Crippen LogP contribution in [-0.4, -0.2) is 39.2 Å². The predicted octanol–water partition coefficient (Wildman–Crippen LogP) is 4.36. The van der Waals surface area contributed by atoms with Crippen LogP contribution in [0.3, 0.4) is 0 Å². The summed E-state index contributed by atoms with van der Waals surface area (Å²) in [6.45, 7) is 4.10. The molecule has 0 saturated carbocycles. The lowest BCUT2D eigenvalue weighted by molar-refractivity contribution is 0.566. The third-order valence-corrected chi connectivity index (χ3v) is 5.97. The van der Waals surface area contributed by atoms with Crippen molar-refractivity contribution in [3.8, 4) is 0 Å². The zero-order chi connectivity index (χ0) is 17.5. The number of guanidine groups is 1. The fraction of sp³-hybridized carbons (Fsp3) is 0.421. The molecular weight excluding hydrogens is 523 g/mol. The molecule has 1 saturated heterocycles. The number of nitrogens with one attached hydrogen (secondary N) is 2. The topological polar surface area (TPSA) is 39.7 Å². The smallest absolute Gasteiger partial charge is 0.190 e. The Hall–Kier alpha value is -0.800. The Labute approximate surface area is 185 Å². The Morgan fingerprint density at radius 2 is 2.08 bits per heavy atom. The van der Waals surface area contributed by atoms with Gasteiger partial charge in [-0.25, -0.2) is 0 Å². The molecule has 26 heavy (non-hydrogen) atoms. The average Bonchev–Trinajstić information content (AvgIpc) is 3.30. The van der Waals surface area contributed by atoms with E-state index in [0.29, 0.717) is 5.92 Å². The van der Waals surface area contributed by atoms with Gasteiger partial charge >= 0.3 is 0 Å². The van der Waals surface area contributed by atoms with Crippen molar-refractivity contribution in [2.45, 2.75) is 12.8 Å². The number of anilines is 1. The fourth-order valence-corrected chi connectivity index (χ4v) is 4.08. The lowest BCUT2D eigenvalue weighted by atomic mass is 10.1. The van der Waals surface area contributed by atoms with Crippen LogP contribution in [-0.2, 0) is 6.42 Å². The van der Waals surface area contributed by atoms with Crippen LogP contribution in [0.1, 0.15) is 11.3 Å². The number of halogens is 2. The van der Waals surface area contributed by atoms with Gasteiger partial charge in [-0.3, -0.25) is 4.99 Å². The van der Waals surface area contributed by atoms with E-state index in [2.05, 4.69) is 78.2 Å². The summed E-state index contributed by atoms with van der Waals surface area (Å²) in [6, 6.07) is 12.9. The van der Waals surface area contributed by atoms with E-state index in [1.807, 2.05) is 7.05 Å². The quantitative estimate of drug-likeness (QED) is 0.320. The Morgan fingerprint density at radius 3 is 2.77 bits per heavy atom. The number of nitrogens with zero attached hydrogens (tertiary/aromatic N) is 2. The normalized spacial score (nSPS) is 17.1. The summed E-state index contributed by atoms with van der Waals surface area (Å²) in [5.74, 6) is 1.55. The number of hydrogen-bond acceptors (Lipinski definition) is 3. The zero-order valence-corrected chi connectivity index (χ0v) is 19.7. The van der Waals surface area contributed by atoms with Gasteiger partial charge in [0.1, 0.15) is 0 Å². The highest BCUT2D eigenvalue weighted by atomic mass is 127. The van der Waals surface area contributed by atoms with Crippen LogP contribution in [0.2, 0.25) is 0 Å². The molecular formula is C19H26BrIN4S. The van der Waals surface area contributed by atoms with E-state index in [9.17, 15) is 0 Å². The molecule has 2 heterocycles. The largest absolute Gasteiger partial charge is 0.371 e. The molecule has 1 fully saturated rings. The van der Waals surface area contributed by atoms with Crippen LogP contribution in [0.15, 0.2) is 51.2 Å². The van der Waals surface area contributed by atoms with E-state index < -0.39 is 0 Å². The molecule has 0 amide bonds. The molecule has 4 nitrogen and oxygen atoms in total. The summed E-state index contributed by atoms with van der Waals surface area (Å²) < 4.78 is 1.13. The van der Waals surface area contributed by atoms with Crippen LogP contribution in [0, 0.1) is 5.92 Å². The molecule has 1 aromatic carbocycles. The first kappa shape index (κ1) is 21.5. The van der Waals surface area contributed by atoms with Crippen molar-refractivity contribution < 1.29 is 0 Å². The van der Waals surface area contributed by atoms with Crippen LogP contribution in [0.4, 0.5) is 5.69 Å². The molecule has 1 aliphatic heterocycles. The van der Waals surface area contributed by atoms with E-state index in [-0.39, 0.29) is 24.0 Å². The first-order valence-electron chi connectivity index (χ1n) is 8.72. The molecule has 0 aliphatic carbocycles. The van der Waals surface area contributed by atoms with E-state index in [1.54, 1.807) is 11.3 Å². The second-order valence-corrected chi connectivity index (χ2v) is 8.23. The zero-order valence-electron chi connectivity index (χ0n) is 15.0. The van der Waals surface area contributed by atoms with E-state index >= 15 is 0 Å². The summed E-state index contributed by atoms with van der Waals surface area (Å²) in [5, 5.41) is 9.01. The first-order chi connectivity index (χ1) is 12.2. The van der Waals surface area contributed by atoms with Gasteiger partial charge in [-0.2, -0.15) is 0 Å². The van der Waals surface area contributed by atoms with Crippen molar-refractivity contribution >= 4 is 62.9 Å². The number of rotatable bonds is 6. The standard InChI is InChI=1S/C19H25BrN4S.HI/c1-21-19(22-10-8-18-3-2-12-25-18)23-13-15-9-11-24(14-15)17-6-4-16(20)5-7-17;/h2-7,12,15H,8-11,13-14H2,1H3,(H2,21,22,23);1H. The molecule has 0 radical (unpaired) electrons. The Balaban J connectivity index is 0.00000243. The molecule has 3 rings (SSSR count). The van der Waals surface area contributed by atoms with Crippen LogP contribution < -0.4 is 15.5 Å². The fourth-order valence-electron chi connectivity index (χ4n) is 3.11. The average molecular weight is 549 g/mol. The van der Waals surface area contributed by atoms with Crippen molar-refractivity contribution in [1.29, 1.82) is 0 Å². The van der Waals surface area contributed by atoms with Gasteiger partial charge in [0, 0.05) is 48.3 Å². The van der Waals surface area contributed by atoms with Crippen molar-refractivity contribution in [3.05, 3.63) is 51.1 Å². The molecule has 0 bridgehead atoms. The number of hydrogen-bond donors (Lipinski definition) is 2. The first-order valence-corrected chi connectivity index (χ1v) is 10.4. The molecule has 1 atom stereocenters. The van der Waals surface area contributed by atoms with Crippen LogP contribution in [0.5, 0.6) is 0 Å². The summed E-state index contributed by atoms with van der Waals surface area (Å²) >= 11 is 5.31. The number of aliphatic imine (C=N–C) groups is 1. The third-order valence-electron chi connectivity index (χ3n) is 4.50. The minimum absolute atomic E-state index is 0. The molecule has 1 aromatic heterocycles. The van der Waals surface area contributed by atoms with Gasteiger partial charge < -0.3 is 15.5 Å². The van der Waals surface area contributed by atoms with Gasteiger partial charge in [-0.05, 0) is 54.5 Å². The molecule has 2 N–H and O–H groups in total. The van der Waals surface area contributed by atoms with Crippen LogP contribution in [0.25, 0.3) is 0 Å². The highest BCUT2D eigenvalue weighted by molar-refractivity contribution is 14.0. The second kappa shape index (κ2) is 11.1. The van der Waals surface area contributed by atoms with Crippen LogP contribution >= 0.6 is 51.2 Å². The molecule has 0 spiro atoms.